The van der Waals surface area contributed by atoms with Crippen LogP contribution in [0.3, 0.4) is 0 Å². The number of nitrogens with zero attached hydrogens (tertiary/aromatic N) is 3. The summed E-state index contributed by atoms with van der Waals surface area (Å²) in [6, 6.07) is 7.30. The van der Waals surface area contributed by atoms with Crippen LogP contribution in [0.4, 0.5) is 5.13 Å². The number of halogens is 1. The second-order valence-electron chi connectivity index (χ2n) is 7.16. The molecule has 27 heavy (non-hydrogen) atoms. The van der Waals surface area contributed by atoms with Gasteiger partial charge in [-0.15, -0.1) is 11.3 Å². The fourth-order valence-electron chi connectivity index (χ4n) is 3.78. The number of aromatic nitrogens is 1. The second-order valence-corrected chi connectivity index (χ2v) is 8.69. The van der Waals surface area contributed by atoms with Gasteiger partial charge >= 0.3 is 0 Å². The Balaban J connectivity index is 1.37. The summed E-state index contributed by atoms with van der Waals surface area (Å²) in [5.41, 5.74) is 0.724. The third-order valence-corrected chi connectivity index (χ3v) is 6.47. The molecule has 2 aliphatic rings. The molecule has 1 atom stereocenters. The molecular weight excluding hydrogens is 382 g/mol. The Kier molecular flexibility index (Phi) is 6.08. The van der Waals surface area contributed by atoms with Crippen molar-refractivity contribution in [3.05, 3.63) is 45.9 Å². The van der Waals surface area contributed by atoms with Gasteiger partial charge in [-0.2, -0.15) is 0 Å². The Morgan fingerprint density at radius 1 is 1.30 bits per heavy atom. The van der Waals surface area contributed by atoms with Crippen LogP contribution in [-0.4, -0.2) is 55.1 Å². The average Bonchev–Trinajstić information content (AvgIpc) is 3.17. The normalized spacial score (nSPS) is 21.4. The van der Waals surface area contributed by atoms with Gasteiger partial charge in [0.25, 0.3) is 0 Å². The number of carbonyl (C=O) groups excluding carboxylic acids is 1. The number of carbonyl (C=O) groups is 1. The van der Waals surface area contributed by atoms with Crippen LogP contribution < -0.4 is 4.90 Å². The highest BCUT2D eigenvalue weighted by Gasteiger charge is 2.27. The molecule has 2 aromatic rings. The maximum atomic E-state index is 12.8. The minimum atomic E-state index is 0.0452. The van der Waals surface area contributed by atoms with Crippen molar-refractivity contribution >= 4 is 33.9 Å². The average molecular weight is 406 g/mol. The molecule has 0 amide bonds. The summed E-state index contributed by atoms with van der Waals surface area (Å²) in [6.07, 6.45) is 3.98. The molecule has 5 nitrogen and oxygen atoms in total. The van der Waals surface area contributed by atoms with E-state index in [0.717, 1.165) is 69.5 Å². The molecule has 0 saturated carbocycles. The molecule has 7 heteroatoms. The first-order chi connectivity index (χ1) is 13.2. The predicted molar refractivity (Wildman–Crippen MR) is 109 cm³/mol. The van der Waals surface area contributed by atoms with Crippen LogP contribution >= 0.6 is 22.9 Å². The van der Waals surface area contributed by atoms with Crippen LogP contribution in [0.2, 0.25) is 5.02 Å². The summed E-state index contributed by atoms with van der Waals surface area (Å²) in [7, 11) is 0. The minimum absolute atomic E-state index is 0.0452. The van der Waals surface area contributed by atoms with Gasteiger partial charge in [0.05, 0.1) is 13.2 Å². The lowest BCUT2D eigenvalue weighted by Gasteiger charge is -2.31. The molecule has 2 aliphatic heterocycles. The summed E-state index contributed by atoms with van der Waals surface area (Å²) < 4.78 is 5.41. The number of Topliss-reactive ketones (excluding diaryl/α,β-unsaturated/α-hetero) is 1. The van der Waals surface area contributed by atoms with Gasteiger partial charge in [-0.25, -0.2) is 4.98 Å². The molecule has 2 fully saturated rings. The number of likely N-dealkylation sites (tertiary alicyclic amines) is 1. The number of ether oxygens (including phenoxy) is 1. The number of hydrogen-bond donors (Lipinski definition) is 0. The highest BCUT2D eigenvalue weighted by molar-refractivity contribution is 7.15. The number of benzene rings is 1. The van der Waals surface area contributed by atoms with Crippen molar-refractivity contribution < 1.29 is 9.53 Å². The molecule has 2 saturated heterocycles. The largest absolute Gasteiger partial charge is 0.378 e. The number of ketones is 1. The topological polar surface area (TPSA) is 45.7 Å². The van der Waals surface area contributed by atoms with Crippen LogP contribution in [0, 0.1) is 5.92 Å². The van der Waals surface area contributed by atoms with E-state index in [4.69, 9.17) is 16.3 Å². The van der Waals surface area contributed by atoms with Crippen molar-refractivity contribution in [1.29, 1.82) is 0 Å². The van der Waals surface area contributed by atoms with E-state index in [9.17, 15) is 4.79 Å². The molecule has 1 aromatic carbocycles. The highest BCUT2D eigenvalue weighted by atomic mass is 35.5. The third-order valence-electron chi connectivity index (χ3n) is 5.19. The number of piperidine rings is 1. The molecule has 4 rings (SSSR count). The van der Waals surface area contributed by atoms with Crippen molar-refractivity contribution in [3.8, 4) is 0 Å². The molecule has 1 aromatic heterocycles. The molecule has 1 unspecified atom stereocenters. The maximum absolute atomic E-state index is 12.8. The van der Waals surface area contributed by atoms with Crippen molar-refractivity contribution in [2.75, 3.05) is 44.3 Å². The number of morpholine rings is 1. The Morgan fingerprint density at radius 2 is 2.15 bits per heavy atom. The van der Waals surface area contributed by atoms with Crippen LogP contribution in [0.15, 0.2) is 30.5 Å². The Bertz CT molecular complexity index is 791. The van der Waals surface area contributed by atoms with E-state index < -0.39 is 0 Å². The lowest BCUT2D eigenvalue weighted by atomic mass is 9.90. The Hall–Kier alpha value is -1.47. The lowest BCUT2D eigenvalue weighted by Crippen LogP contribution is -2.38. The van der Waals surface area contributed by atoms with Gasteiger partial charge in [-0.1, -0.05) is 23.7 Å². The molecule has 0 bridgehead atoms. The van der Waals surface area contributed by atoms with Gasteiger partial charge in [-0.3, -0.25) is 9.69 Å². The van der Waals surface area contributed by atoms with Crippen molar-refractivity contribution in [2.45, 2.75) is 19.4 Å². The van der Waals surface area contributed by atoms with Gasteiger partial charge in [0.15, 0.2) is 10.9 Å². The van der Waals surface area contributed by atoms with Crippen LogP contribution in [0.25, 0.3) is 0 Å². The molecule has 3 heterocycles. The van der Waals surface area contributed by atoms with E-state index in [2.05, 4.69) is 14.8 Å². The standard InChI is InChI=1S/C20H24ClN3O2S/c21-17-5-1-3-15(11-17)19(25)16-4-2-6-23(13-16)14-18-12-22-20(27-18)24-7-9-26-10-8-24/h1,3,5,11-12,16H,2,4,6-10,13-14H2. The zero-order valence-corrected chi connectivity index (χ0v) is 16.8. The summed E-state index contributed by atoms with van der Waals surface area (Å²) in [5, 5.41) is 1.70. The SMILES string of the molecule is O=C(c1cccc(Cl)c1)C1CCCN(Cc2cnc(N3CCOCC3)s2)C1. The van der Waals surface area contributed by atoms with E-state index in [-0.39, 0.29) is 11.7 Å². The summed E-state index contributed by atoms with van der Waals surface area (Å²) in [6.45, 7) is 6.06. The summed E-state index contributed by atoms with van der Waals surface area (Å²) >= 11 is 7.81. The molecule has 144 valence electrons. The monoisotopic (exact) mass is 405 g/mol. The van der Waals surface area contributed by atoms with Crippen molar-refractivity contribution in [3.63, 3.8) is 0 Å². The van der Waals surface area contributed by atoms with Crippen molar-refractivity contribution in [1.82, 2.24) is 9.88 Å². The molecular formula is C20H24ClN3O2S. The van der Waals surface area contributed by atoms with E-state index in [1.165, 1.54) is 4.88 Å². The first-order valence-electron chi connectivity index (χ1n) is 9.48. The minimum Gasteiger partial charge on any atom is -0.378 e. The number of thiazole rings is 1. The summed E-state index contributed by atoms with van der Waals surface area (Å²) in [4.78, 5) is 23.4. The second kappa shape index (κ2) is 8.69. The first kappa shape index (κ1) is 18.9. The van der Waals surface area contributed by atoms with E-state index >= 15 is 0 Å². The Morgan fingerprint density at radius 3 is 2.96 bits per heavy atom. The smallest absolute Gasteiger partial charge is 0.185 e. The van der Waals surface area contributed by atoms with Gasteiger partial charge in [-0.05, 0) is 31.5 Å². The predicted octanol–water partition coefficient (Wildman–Crippen LogP) is 3.73. The highest BCUT2D eigenvalue weighted by Crippen LogP contribution is 2.27. The fraction of sp³-hybridized carbons (Fsp3) is 0.500. The Labute approximate surface area is 168 Å². The maximum Gasteiger partial charge on any atom is 0.185 e. The molecule has 0 aliphatic carbocycles. The fourth-order valence-corrected chi connectivity index (χ4v) is 4.98. The number of rotatable bonds is 5. The van der Waals surface area contributed by atoms with Crippen LogP contribution in [0.5, 0.6) is 0 Å². The zero-order chi connectivity index (χ0) is 18.6. The molecule has 0 N–H and O–H groups in total. The number of hydrogen-bond acceptors (Lipinski definition) is 6. The molecule has 0 spiro atoms. The van der Waals surface area contributed by atoms with Gasteiger partial charge in [0.1, 0.15) is 0 Å². The van der Waals surface area contributed by atoms with Gasteiger partial charge < -0.3 is 9.64 Å². The van der Waals surface area contributed by atoms with Gasteiger partial charge in [0.2, 0.25) is 0 Å². The third kappa shape index (κ3) is 4.69. The first-order valence-corrected chi connectivity index (χ1v) is 10.7. The van der Waals surface area contributed by atoms with Gasteiger partial charge in [0, 0.05) is 53.8 Å². The van der Waals surface area contributed by atoms with Crippen LogP contribution in [0.1, 0.15) is 28.1 Å². The van der Waals surface area contributed by atoms with E-state index in [0.29, 0.717) is 5.02 Å². The van der Waals surface area contributed by atoms with E-state index in [1.807, 2.05) is 18.3 Å². The lowest BCUT2D eigenvalue weighted by molar-refractivity contribution is 0.0812. The quantitative estimate of drug-likeness (QED) is 0.709. The van der Waals surface area contributed by atoms with Crippen LogP contribution in [-0.2, 0) is 11.3 Å². The van der Waals surface area contributed by atoms with E-state index in [1.54, 1.807) is 23.5 Å². The number of anilines is 1. The molecule has 0 radical (unpaired) electrons. The summed E-state index contributed by atoms with van der Waals surface area (Å²) in [5.74, 6) is 0.254. The van der Waals surface area contributed by atoms with Crippen molar-refractivity contribution in [2.24, 2.45) is 5.92 Å². The zero-order valence-electron chi connectivity index (χ0n) is 15.3.